The molecule has 0 aliphatic heterocycles. The number of ether oxygens (including phenoxy) is 1. The Kier molecular flexibility index (Phi) is 4.26. The van der Waals surface area contributed by atoms with E-state index < -0.39 is 17.7 Å². The van der Waals surface area contributed by atoms with Gasteiger partial charge < -0.3 is 10.1 Å². The van der Waals surface area contributed by atoms with Crippen LogP contribution in [0.15, 0.2) is 30.3 Å². The Morgan fingerprint density at radius 1 is 1.29 bits per heavy atom. The van der Waals surface area contributed by atoms with Crippen LogP contribution in [0, 0.1) is 0 Å². The van der Waals surface area contributed by atoms with E-state index in [1.54, 1.807) is 51.3 Å². The fraction of sp³-hybridized carbons (Fsp3) is 0.385. The molecule has 17 heavy (non-hydrogen) atoms. The lowest BCUT2D eigenvalue weighted by Gasteiger charge is -2.21. The molecule has 0 fully saturated rings. The largest absolute Gasteiger partial charge is 0.444 e. The van der Waals surface area contributed by atoms with Crippen molar-refractivity contribution in [1.82, 2.24) is 5.32 Å². The van der Waals surface area contributed by atoms with Gasteiger partial charge in [0.05, 0.1) is 0 Å². The summed E-state index contributed by atoms with van der Waals surface area (Å²) in [6, 6.07) is 8.09. The van der Waals surface area contributed by atoms with E-state index in [-0.39, 0.29) is 0 Å². The molecule has 1 rings (SSSR count). The van der Waals surface area contributed by atoms with Gasteiger partial charge >= 0.3 is 6.09 Å². The van der Waals surface area contributed by atoms with Crippen molar-refractivity contribution in [2.45, 2.75) is 32.4 Å². The number of carbonyl (C=O) groups is 1. The van der Waals surface area contributed by atoms with Gasteiger partial charge in [-0.15, -0.1) is 0 Å². The van der Waals surface area contributed by atoms with Crippen molar-refractivity contribution in [3.63, 3.8) is 0 Å². The lowest BCUT2D eigenvalue weighted by Crippen LogP contribution is -2.35. The third-order valence-corrected chi connectivity index (χ3v) is 1.91. The molecule has 1 atom stereocenters. The molecule has 0 unspecified atom stereocenters. The van der Waals surface area contributed by atoms with Crippen LogP contribution in [0.3, 0.4) is 0 Å². The molecule has 0 aliphatic carbocycles. The Balaban J connectivity index is 2.66. The molecule has 0 aromatic heterocycles. The molecule has 0 saturated carbocycles. The first-order valence-electron chi connectivity index (χ1n) is 5.34. The van der Waals surface area contributed by atoms with Crippen molar-refractivity contribution < 1.29 is 14.3 Å². The van der Waals surface area contributed by atoms with E-state index in [0.717, 1.165) is 0 Å². The number of hydrogen-bond acceptors (Lipinski definition) is 3. The Labute approximate surface area is 101 Å². The Morgan fingerprint density at radius 3 is 2.35 bits per heavy atom. The highest BCUT2D eigenvalue weighted by molar-refractivity contribution is 5.74. The standard InChI is InChI=1S/C13H16NO3/c1-13(2,3)17-12(16)14-11(9-15)10-7-5-4-6-8-10/h4-8,11H,1-3H3,(H,14,16)/t11-/m0/s1. The number of benzene rings is 1. The van der Waals surface area contributed by atoms with Gasteiger partial charge in [-0.05, 0) is 26.3 Å². The maximum absolute atomic E-state index is 11.5. The third kappa shape index (κ3) is 4.68. The number of hydrogen-bond donors (Lipinski definition) is 1. The maximum atomic E-state index is 11.5. The SMILES string of the molecule is CC(C)(C)OC(=O)N[C@@H]([C]=O)c1ccccc1. The van der Waals surface area contributed by atoms with E-state index >= 15 is 0 Å². The molecular formula is C13H16NO3. The monoisotopic (exact) mass is 234 g/mol. The highest BCUT2D eigenvalue weighted by atomic mass is 16.6. The molecule has 91 valence electrons. The van der Waals surface area contributed by atoms with E-state index in [9.17, 15) is 9.59 Å². The Bertz CT molecular complexity index is 381. The van der Waals surface area contributed by atoms with Crippen LogP contribution in [-0.4, -0.2) is 18.0 Å². The second kappa shape index (κ2) is 5.48. The van der Waals surface area contributed by atoms with Crippen molar-refractivity contribution >= 4 is 12.4 Å². The molecule has 0 spiro atoms. The fourth-order valence-electron chi connectivity index (χ4n) is 1.25. The predicted octanol–water partition coefficient (Wildman–Crippen LogP) is 2.36. The zero-order chi connectivity index (χ0) is 12.9. The number of rotatable bonds is 3. The molecule has 1 aromatic carbocycles. The average molecular weight is 234 g/mol. The minimum absolute atomic E-state index is 0.589. The van der Waals surface area contributed by atoms with Crippen molar-refractivity contribution in [2.24, 2.45) is 0 Å². The fourth-order valence-corrected chi connectivity index (χ4v) is 1.25. The quantitative estimate of drug-likeness (QED) is 0.873. The molecule has 4 nitrogen and oxygen atoms in total. The average Bonchev–Trinajstić information content (AvgIpc) is 2.24. The summed E-state index contributed by atoms with van der Waals surface area (Å²) in [4.78, 5) is 22.3. The zero-order valence-corrected chi connectivity index (χ0v) is 10.2. The van der Waals surface area contributed by atoms with Crippen LogP contribution >= 0.6 is 0 Å². The minimum Gasteiger partial charge on any atom is -0.444 e. The number of nitrogens with one attached hydrogen (secondary N) is 1. The molecular weight excluding hydrogens is 218 g/mol. The first-order chi connectivity index (χ1) is 7.92. The highest BCUT2D eigenvalue weighted by Gasteiger charge is 2.20. The van der Waals surface area contributed by atoms with E-state index in [4.69, 9.17) is 4.74 Å². The van der Waals surface area contributed by atoms with Crippen LogP contribution in [0.5, 0.6) is 0 Å². The summed E-state index contributed by atoms with van der Waals surface area (Å²) in [6.45, 7) is 5.28. The van der Waals surface area contributed by atoms with Gasteiger partial charge in [0.2, 0.25) is 6.29 Å². The molecule has 4 heteroatoms. The first-order valence-corrected chi connectivity index (χ1v) is 5.34. The normalized spacial score (nSPS) is 12.6. The summed E-state index contributed by atoms with van der Waals surface area (Å²) in [5.74, 6) is 0. The van der Waals surface area contributed by atoms with Crippen LogP contribution in [0.2, 0.25) is 0 Å². The number of carbonyl (C=O) groups excluding carboxylic acids is 2. The van der Waals surface area contributed by atoms with Crippen LogP contribution in [0.25, 0.3) is 0 Å². The Hall–Kier alpha value is -1.84. The van der Waals surface area contributed by atoms with Gasteiger partial charge in [-0.25, -0.2) is 4.79 Å². The van der Waals surface area contributed by atoms with E-state index in [0.29, 0.717) is 5.56 Å². The topological polar surface area (TPSA) is 55.4 Å². The number of alkyl carbamates (subject to hydrolysis) is 1. The lowest BCUT2D eigenvalue weighted by molar-refractivity contribution is 0.0517. The zero-order valence-electron chi connectivity index (χ0n) is 10.2. The van der Waals surface area contributed by atoms with Crippen LogP contribution in [0.1, 0.15) is 32.4 Å². The van der Waals surface area contributed by atoms with Gasteiger partial charge in [0.25, 0.3) is 0 Å². The maximum Gasteiger partial charge on any atom is 0.408 e. The second-order valence-corrected chi connectivity index (χ2v) is 4.61. The molecule has 1 aromatic rings. The van der Waals surface area contributed by atoms with Crippen LogP contribution in [-0.2, 0) is 9.53 Å². The van der Waals surface area contributed by atoms with Crippen molar-refractivity contribution in [1.29, 1.82) is 0 Å². The van der Waals surface area contributed by atoms with E-state index in [1.807, 2.05) is 6.07 Å². The van der Waals surface area contributed by atoms with Crippen LogP contribution in [0.4, 0.5) is 4.79 Å². The molecule has 0 bridgehead atoms. The van der Waals surface area contributed by atoms with Crippen molar-refractivity contribution in [3.8, 4) is 0 Å². The van der Waals surface area contributed by atoms with E-state index in [2.05, 4.69) is 5.32 Å². The smallest absolute Gasteiger partial charge is 0.408 e. The second-order valence-electron chi connectivity index (χ2n) is 4.61. The molecule has 0 aliphatic rings. The molecule has 0 saturated heterocycles. The molecule has 1 amide bonds. The van der Waals surface area contributed by atoms with E-state index in [1.165, 1.54) is 0 Å². The summed E-state index contributed by atoms with van der Waals surface area (Å²) in [7, 11) is 0. The van der Waals surface area contributed by atoms with Gasteiger partial charge in [-0.1, -0.05) is 30.3 Å². The van der Waals surface area contributed by atoms with Gasteiger partial charge in [0.1, 0.15) is 11.6 Å². The summed E-state index contributed by atoms with van der Waals surface area (Å²) < 4.78 is 5.06. The van der Waals surface area contributed by atoms with Crippen molar-refractivity contribution in [2.75, 3.05) is 0 Å². The summed E-state index contributed by atoms with van der Waals surface area (Å²) >= 11 is 0. The lowest BCUT2D eigenvalue weighted by atomic mass is 10.1. The predicted molar refractivity (Wildman–Crippen MR) is 64.2 cm³/mol. The van der Waals surface area contributed by atoms with Gasteiger partial charge in [0, 0.05) is 0 Å². The Morgan fingerprint density at radius 2 is 1.88 bits per heavy atom. The molecule has 0 heterocycles. The summed E-state index contributed by atoms with van der Waals surface area (Å²) in [5, 5.41) is 2.45. The van der Waals surface area contributed by atoms with Gasteiger partial charge in [0.15, 0.2) is 0 Å². The molecule has 1 N–H and O–H groups in total. The van der Waals surface area contributed by atoms with Crippen molar-refractivity contribution in [3.05, 3.63) is 35.9 Å². The minimum atomic E-state index is -0.800. The number of amides is 1. The van der Waals surface area contributed by atoms with Crippen LogP contribution < -0.4 is 5.32 Å². The van der Waals surface area contributed by atoms with Gasteiger partial charge in [-0.3, -0.25) is 4.79 Å². The molecule has 1 radical (unpaired) electrons. The third-order valence-electron chi connectivity index (χ3n) is 1.91. The summed E-state index contributed by atoms with van der Waals surface area (Å²) in [5.41, 5.74) is 0.0853. The summed E-state index contributed by atoms with van der Waals surface area (Å²) in [6.07, 6.45) is 1.14. The van der Waals surface area contributed by atoms with Gasteiger partial charge in [-0.2, -0.15) is 0 Å². The highest BCUT2D eigenvalue weighted by Crippen LogP contribution is 2.12. The first kappa shape index (κ1) is 13.2.